The Morgan fingerprint density at radius 2 is 1.64 bits per heavy atom. The predicted octanol–water partition coefficient (Wildman–Crippen LogP) is 3.76. The molecule has 0 aliphatic carbocycles. The van der Waals surface area contributed by atoms with Crippen molar-refractivity contribution in [3.63, 3.8) is 0 Å². The minimum atomic E-state index is -0.0523. The van der Waals surface area contributed by atoms with E-state index in [1.807, 2.05) is 59.5 Å². The second-order valence-corrected chi connectivity index (χ2v) is 7.55. The van der Waals surface area contributed by atoms with Crippen molar-refractivity contribution in [3.8, 4) is 0 Å². The molecule has 4 heteroatoms. The smallest absolute Gasteiger partial charge is 0.247 e. The molecule has 2 atom stereocenters. The van der Waals surface area contributed by atoms with Crippen LogP contribution in [0.2, 0.25) is 0 Å². The second-order valence-electron chi connectivity index (χ2n) is 7.55. The summed E-state index contributed by atoms with van der Waals surface area (Å²) < 4.78 is 6.19. The van der Waals surface area contributed by atoms with Crippen molar-refractivity contribution in [2.75, 3.05) is 32.8 Å². The molecule has 0 N–H and O–H groups in total. The minimum Gasteiger partial charge on any atom is -0.373 e. The zero-order valence-electron chi connectivity index (χ0n) is 16.2. The van der Waals surface area contributed by atoms with Crippen molar-refractivity contribution in [2.24, 2.45) is 0 Å². The molecule has 0 aromatic heterocycles. The maximum Gasteiger partial charge on any atom is 0.247 e. The summed E-state index contributed by atoms with van der Waals surface area (Å²) in [4.78, 5) is 17.6. The highest BCUT2D eigenvalue weighted by Gasteiger charge is 2.36. The van der Waals surface area contributed by atoms with E-state index in [1.54, 1.807) is 6.08 Å². The number of rotatable bonds is 5. The first-order valence-electron chi connectivity index (χ1n) is 10.2. The predicted molar refractivity (Wildman–Crippen MR) is 112 cm³/mol. The van der Waals surface area contributed by atoms with Crippen LogP contribution >= 0.6 is 0 Å². The molecule has 2 aliphatic rings. The van der Waals surface area contributed by atoms with Gasteiger partial charge in [-0.25, -0.2) is 0 Å². The number of amides is 1. The molecular formula is C24H28N2O2. The van der Waals surface area contributed by atoms with Gasteiger partial charge in [0.25, 0.3) is 0 Å². The molecule has 0 saturated carbocycles. The Kier molecular flexibility index (Phi) is 6.20. The number of hydrogen-bond acceptors (Lipinski definition) is 3. The monoisotopic (exact) mass is 376 g/mol. The summed E-state index contributed by atoms with van der Waals surface area (Å²) in [6.45, 7) is 4.35. The van der Waals surface area contributed by atoms with E-state index in [1.165, 1.54) is 12.8 Å². The third-order valence-electron chi connectivity index (χ3n) is 5.63. The molecule has 0 spiro atoms. The highest BCUT2D eigenvalue weighted by atomic mass is 16.5. The lowest BCUT2D eigenvalue weighted by atomic mass is 9.97. The van der Waals surface area contributed by atoms with Crippen LogP contribution in [0.5, 0.6) is 0 Å². The lowest BCUT2D eigenvalue weighted by Gasteiger charge is -2.42. The van der Waals surface area contributed by atoms with Crippen LogP contribution in [0.25, 0.3) is 6.08 Å². The zero-order valence-corrected chi connectivity index (χ0v) is 16.2. The molecule has 28 heavy (non-hydrogen) atoms. The number of carbonyl (C=O) groups is 1. The van der Waals surface area contributed by atoms with E-state index in [9.17, 15) is 4.79 Å². The Hall–Kier alpha value is -2.43. The van der Waals surface area contributed by atoms with Crippen molar-refractivity contribution in [1.29, 1.82) is 0 Å². The first-order chi connectivity index (χ1) is 13.8. The topological polar surface area (TPSA) is 32.8 Å². The lowest BCUT2D eigenvalue weighted by molar-refractivity contribution is -0.143. The van der Waals surface area contributed by atoms with Gasteiger partial charge >= 0.3 is 0 Å². The van der Waals surface area contributed by atoms with Gasteiger partial charge in [0.05, 0.1) is 18.8 Å². The Bertz CT molecular complexity index is 785. The zero-order chi connectivity index (χ0) is 19.2. The number of carbonyl (C=O) groups excluding carboxylic acids is 1. The number of ether oxygens (including phenoxy) is 1. The number of likely N-dealkylation sites (tertiary alicyclic amines) is 1. The van der Waals surface area contributed by atoms with Crippen LogP contribution in [0.3, 0.4) is 0 Å². The summed E-state index contributed by atoms with van der Waals surface area (Å²) in [6, 6.07) is 20.2. The average molecular weight is 377 g/mol. The van der Waals surface area contributed by atoms with Crippen LogP contribution in [-0.4, -0.2) is 54.6 Å². The Balaban J connectivity index is 1.56. The molecule has 0 radical (unpaired) electrons. The normalized spacial score (nSPS) is 23.4. The molecule has 2 aromatic carbocycles. The Morgan fingerprint density at radius 3 is 2.36 bits per heavy atom. The maximum absolute atomic E-state index is 13.1. The van der Waals surface area contributed by atoms with Crippen LogP contribution in [0.15, 0.2) is 66.7 Å². The van der Waals surface area contributed by atoms with Crippen molar-refractivity contribution < 1.29 is 9.53 Å². The van der Waals surface area contributed by atoms with Crippen LogP contribution in [-0.2, 0) is 9.53 Å². The van der Waals surface area contributed by atoms with Crippen LogP contribution in [0, 0.1) is 0 Å². The molecule has 2 aliphatic heterocycles. The second kappa shape index (κ2) is 9.18. The summed E-state index contributed by atoms with van der Waals surface area (Å²) in [5, 5.41) is 0. The number of morpholine rings is 1. The molecule has 2 fully saturated rings. The third kappa shape index (κ3) is 4.51. The summed E-state index contributed by atoms with van der Waals surface area (Å²) in [7, 11) is 0. The fourth-order valence-corrected chi connectivity index (χ4v) is 4.23. The van der Waals surface area contributed by atoms with Crippen LogP contribution in [0.1, 0.15) is 30.0 Å². The van der Waals surface area contributed by atoms with Gasteiger partial charge in [-0.2, -0.15) is 0 Å². The molecule has 2 saturated heterocycles. The molecule has 146 valence electrons. The molecule has 4 rings (SSSR count). The van der Waals surface area contributed by atoms with E-state index in [0.29, 0.717) is 13.2 Å². The summed E-state index contributed by atoms with van der Waals surface area (Å²) in [6.07, 6.45) is 6.11. The van der Waals surface area contributed by atoms with Gasteiger partial charge in [0.2, 0.25) is 5.91 Å². The van der Waals surface area contributed by atoms with Crippen LogP contribution < -0.4 is 0 Å². The quantitative estimate of drug-likeness (QED) is 0.745. The van der Waals surface area contributed by atoms with Crippen molar-refractivity contribution in [3.05, 3.63) is 77.9 Å². The molecular weight excluding hydrogens is 348 g/mol. The van der Waals surface area contributed by atoms with Gasteiger partial charge in [0.15, 0.2) is 0 Å². The van der Waals surface area contributed by atoms with E-state index in [-0.39, 0.29) is 18.1 Å². The molecule has 4 nitrogen and oxygen atoms in total. The minimum absolute atomic E-state index is 0.00308. The van der Waals surface area contributed by atoms with Gasteiger partial charge in [0, 0.05) is 19.2 Å². The molecule has 0 unspecified atom stereocenters. The first-order valence-corrected chi connectivity index (χ1v) is 10.2. The third-order valence-corrected chi connectivity index (χ3v) is 5.63. The Morgan fingerprint density at radius 1 is 0.964 bits per heavy atom. The fraction of sp³-hybridized carbons (Fsp3) is 0.375. The van der Waals surface area contributed by atoms with Crippen molar-refractivity contribution >= 4 is 12.0 Å². The lowest BCUT2D eigenvalue weighted by Crippen LogP contribution is -2.51. The van der Waals surface area contributed by atoms with Gasteiger partial charge in [-0.3, -0.25) is 4.79 Å². The SMILES string of the molecule is O=C(/C=C/c1ccccc1)N1CCO[C@@H](CN2CCCC2)[C@@H]1c1ccccc1. The largest absolute Gasteiger partial charge is 0.373 e. The van der Waals surface area contributed by atoms with E-state index in [4.69, 9.17) is 4.74 Å². The highest BCUT2D eigenvalue weighted by Crippen LogP contribution is 2.31. The molecule has 0 bridgehead atoms. The average Bonchev–Trinajstić information content (AvgIpc) is 3.26. The van der Waals surface area contributed by atoms with Crippen molar-refractivity contribution in [2.45, 2.75) is 25.0 Å². The highest BCUT2D eigenvalue weighted by molar-refractivity contribution is 5.92. The summed E-state index contributed by atoms with van der Waals surface area (Å²) in [5.41, 5.74) is 2.18. The number of nitrogens with zero attached hydrogens (tertiary/aromatic N) is 2. The molecule has 2 aromatic rings. The van der Waals surface area contributed by atoms with Gasteiger partial charge in [0.1, 0.15) is 0 Å². The summed E-state index contributed by atoms with van der Waals surface area (Å²) in [5.74, 6) is 0.0485. The van der Waals surface area contributed by atoms with Gasteiger partial charge in [-0.05, 0) is 43.1 Å². The van der Waals surface area contributed by atoms with Crippen LogP contribution in [0.4, 0.5) is 0 Å². The number of hydrogen-bond donors (Lipinski definition) is 0. The van der Waals surface area contributed by atoms with E-state index in [0.717, 1.165) is 30.8 Å². The van der Waals surface area contributed by atoms with Crippen molar-refractivity contribution in [1.82, 2.24) is 9.80 Å². The molecule has 2 heterocycles. The maximum atomic E-state index is 13.1. The van der Waals surface area contributed by atoms with Gasteiger partial charge in [-0.15, -0.1) is 0 Å². The van der Waals surface area contributed by atoms with E-state index in [2.05, 4.69) is 17.0 Å². The Labute approximate surface area is 167 Å². The first kappa shape index (κ1) is 18.9. The molecule has 1 amide bonds. The van der Waals surface area contributed by atoms with E-state index < -0.39 is 0 Å². The summed E-state index contributed by atoms with van der Waals surface area (Å²) >= 11 is 0. The van der Waals surface area contributed by atoms with Gasteiger partial charge < -0.3 is 14.5 Å². The van der Waals surface area contributed by atoms with Gasteiger partial charge in [-0.1, -0.05) is 60.7 Å². The van der Waals surface area contributed by atoms with E-state index >= 15 is 0 Å². The number of benzene rings is 2. The standard InChI is InChI=1S/C24H28N2O2/c27-23(14-13-20-9-3-1-4-10-20)26-17-18-28-22(19-25-15-7-8-16-25)24(26)21-11-5-2-6-12-21/h1-6,9-14,22,24H,7-8,15-19H2/b14-13+/t22-,24-/m0/s1. The fourth-order valence-electron chi connectivity index (χ4n) is 4.23.